The largest absolute Gasteiger partial charge is 0.494 e. The van der Waals surface area contributed by atoms with E-state index in [4.69, 9.17) is 0 Å². The van der Waals surface area contributed by atoms with Crippen LogP contribution in [-0.4, -0.2) is 29.6 Å². The number of benzene rings is 2. The highest BCUT2D eigenvalue weighted by Crippen LogP contribution is 2.43. The number of hydrogen-bond donors (Lipinski definition) is 6. The zero-order valence-corrected chi connectivity index (χ0v) is 20.0. The van der Waals surface area contributed by atoms with Gasteiger partial charge in [0.25, 0.3) is 0 Å². The molecule has 0 saturated heterocycles. The number of nitrogens with zero attached hydrogens (tertiary/aromatic N) is 2. The van der Waals surface area contributed by atoms with Crippen LogP contribution in [0.5, 0.6) is 23.5 Å². The molecular weight excluding hydrogens is 485 g/mol. The van der Waals surface area contributed by atoms with Gasteiger partial charge in [-0.3, -0.25) is 9.13 Å². The van der Waals surface area contributed by atoms with Crippen LogP contribution in [0.3, 0.4) is 0 Å². The first-order chi connectivity index (χ1) is 15.3. The van der Waals surface area contributed by atoms with E-state index in [0.29, 0.717) is 9.79 Å². The summed E-state index contributed by atoms with van der Waals surface area (Å²) in [4.78, 5) is 4.17. The van der Waals surface area contributed by atoms with E-state index in [1.807, 2.05) is 48.5 Å². The van der Waals surface area contributed by atoms with Crippen LogP contribution < -0.4 is 0 Å². The van der Waals surface area contributed by atoms with Gasteiger partial charge in [-0.25, -0.2) is 0 Å². The Labute approximate surface area is 204 Å². The summed E-state index contributed by atoms with van der Waals surface area (Å²) >= 11 is 11.4. The fourth-order valence-corrected chi connectivity index (χ4v) is 5.56. The highest BCUT2D eigenvalue weighted by Gasteiger charge is 2.19. The quantitative estimate of drug-likeness (QED) is 0.181. The zero-order chi connectivity index (χ0) is 22.8. The number of thiol groups is 2. The Morgan fingerprint density at radius 2 is 0.969 bits per heavy atom. The lowest BCUT2D eigenvalue weighted by Crippen LogP contribution is -2.06. The molecule has 0 radical (unpaired) electrons. The molecule has 0 bridgehead atoms. The van der Waals surface area contributed by atoms with Crippen molar-refractivity contribution in [3.8, 4) is 23.5 Å². The lowest BCUT2D eigenvalue weighted by molar-refractivity contribution is 0.327. The van der Waals surface area contributed by atoms with Crippen molar-refractivity contribution < 1.29 is 20.4 Å². The average molecular weight is 505 g/mol. The molecule has 0 amide bonds. The average Bonchev–Trinajstić information content (AvgIpc) is 3.18. The Morgan fingerprint density at radius 1 is 0.594 bits per heavy atom. The molecule has 166 valence electrons. The molecule has 2 aromatic carbocycles. The van der Waals surface area contributed by atoms with Crippen molar-refractivity contribution in [2.75, 3.05) is 0 Å². The van der Waals surface area contributed by atoms with Crippen molar-refractivity contribution in [2.45, 2.75) is 42.5 Å². The first-order valence-corrected chi connectivity index (χ1v) is 12.0. The molecular formula is C22H20N2O4S4. The lowest BCUT2D eigenvalue weighted by atomic mass is 10.4. The number of hydrogen-bond acceptors (Lipinski definition) is 8. The Morgan fingerprint density at radius 3 is 1.34 bits per heavy atom. The van der Waals surface area contributed by atoms with Crippen molar-refractivity contribution in [3.63, 3.8) is 0 Å². The molecule has 0 fully saturated rings. The predicted octanol–water partition coefficient (Wildman–Crippen LogP) is 5.69. The van der Waals surface area contributed by atoms with Gasteiger partial charge < -0.3 is 20.4 Å². The van der Waals surface area contributed by atoms with Gasteiger partial charge in [-0.2, -0.15) is 0 Å². The minimum atomic E-state index is -0.119. The predicted molar refractivity (Wildman–Crippen MR) is 131 cm³/mol. The molecule has 4 N–H and O–H groups in total. The van der Waals surface area contributed by atoms with E-state index in [-0.39, 0.29) is 36.6 Å². The first kappa shape index (κ1) is 22.8. The van der Waals surface area contributed by atoms with Crippen LogP contribution in [0.15, 0.2) is 90.0 Å². The van der Waals surface area contributed by atoms with E-state index >= 15 is 0 Å². The maximum absolute atomic E-state index is 10.6. The minimum Gasteiger partial charge on any atom is -0.494 e. The van der Waals surface area contributed by atoms with Crippen molar-refractivity contribution in [1.82, 2.24) is 9.13 Å². The van der Waals surface area contributed by atoms with Crippen LogP contribution in [-0.2, 0) is 13.1 Å². The van der Waals surface area contributed by atoms with Gasteiger partial charge in [-0.05, 0) is 24.3 Å². The fraction of sp³-hybridized carbons (Fsp3) is 0.0909. The van der Waals surface area contributed by atoms with Crippen LogP contribution in [0.1, 0.15) is 0 Å². The molecule has 0 atom stereocenters. The summed E-state index contributed by atoms with van der Waals surface area (Å²) in [5.74, 6) is -0.444. The van der Waals surface area contributed by atoms with E-state index < -0.39 is 0 Å². The lowest BCUT2D eigenvalue weighted by Gasteiger charge is -2.11. The highest BCUT2D eigenvalue weighted by molar-refractivity contribution is 8.00. The number of aromatic nitrogens is 2. The smallest absolute Gasteiger partial charge is 0.208 e. The van der Waals surface area contributed by atoms with E-state index in [1.54, 1.807) is 0 Å². The second-order valence-electron chi connectivity index (χ2n) is 6.82. The Kier molecular flexibility index (Phi) is 6.85. The highest BCUT2D eigenvalue weighted by atomic mass is 32.2. The molecule has 32 heavy (non-hydrogen) atoms. The normalized spacial score (nSPS) is 11.2. The van der Waals surface area contributed by atoms with Crippen LogP contribution in [0.25, 0.3) is 0 Å². The van der Waals surface area contributed by atoms with Gasteiger partial charge in [0.2, 0.25) is 11.8 Å². The second-order valence-corrected chi connectivity index (χ2v) is 9.95. The van der Waals surface area contributed by atoms with Crippen LogP contribution in [0, 0.1) is 0 Å². The molecule has 0 saturated carbocycles. The van der Waals surface area contributed by atoms with Gasteiger partial charge >= 0.3 is 0 Å². The van der Waals surface area contributed by atoms with Crippen molar-refractivity contribution in [2.24, 2.45) is 0 Å². The van der Waals surface area contributed by atoms with Crippen molar-refractivity contribution in [1.29, 1.82) is 0 Å². The zero-order valence-electron chi connectivity index (χ0n) is 16.6. The van der Waals surface area contributed by atoms with Crippen LogP contribution >= 0.6 is 48.8 Å². The maximum atomic E-state index is 10.6. The second kappa shape index (κ2) is 9.62. The third-order valence-electron chi connectivity index (χ3n) is 4.74. The van der Waals surface area contributed by atoms with E-state index in [0.717, 1.165) is 19.6 Å². The van der Waals surface area contributed by atoms with E-state index in [9.17, 15) is 20.4 Å². The third-order valence-corrected chi connectivity index (χ3v) is 8.02. The van der Waals surface area contributed by atoms with Gasteiger partial charge in [0.1, 0.15) is 0 Å². The summed E-state index contributed by atoms with van der Waals surface area (Å²) < 4.78 is 2.64. The fourth-order valence-electron chi connectivity index (χ4n) is 3.12. The monoisotopic (exact) mass is 504 g/mol. The number of aromatic hydroxyl groups is 4. The summed E-state index contributed by atoms with van der Waals surface area (Å²) in [6.07, 6.45) is 0. The Balaban J connectivity index is 1.52. The molecule has 0 unspecified atom stereocenters. The summed E-state index contributed by atoms with van der Waals surface area (Å²) in [5.41, 5.74) is 0. The van der Waals surface area contributed by atoms with Gasteiger partial charge in [-0.1, -0.05) is 47.8 Å². The van der Waals surface area contributed by atoms with Crippen molar-refractivity contribution in [3.05, 3.63) is 60.7 Å². The van der Waals surface area contributed by atoms with Gasteiger partial charge in [-0.15, -0.1) is 25.3 Å². The van der Waals surface area contributed by atoms with E-state index in [1.165, 1.54) is 44.8 Å². The third kappa shape index (κ3) is 4.68. The molecule has 2 aromatic heterocycles. The van der Waals surface area contributed by atoms with Crippen LogP contribution in [0.4, 0.5) is 0 Å². The molecule has 0 aliphatic rings. The number of rotatable bonds is 7. The topological polar surface area (TPSA) is 90.8 Å². The molecule has 0 aliphatic carbocycles. The van der Waals surface area contributed by atoms with Crippen LogP contribution in [0.2, 0.25) is 0 Å². The molecule has 2 heterocycles. The molecule has 0 aliphatic heterocycles. The standard InChI is InChI=1S/C22H20N2O4S4/c25-19-11-17(31-15-7-3-1-5-13(15)29)21(27)23(19)9-10-24-20(26)12-18(22(24)28)32-16-8-4-2-6-14(16)30/h1-8,11-12,25-30H,9-10H2. The van der Waals surface area contributed by atoms with E-state index in [2.05, 4.69) is 25.3 Å². The van der Waals surface area contributed by atoms with Gasteiger partial charge in [0.05, 0.1) is 9.79 Å². The first-order valence-electron chi connectivity index (χ1n) is 9.49. The van der Waals surface area contributed by atoms with Gasteiger partial charge in [0.15, 0.2) is 11.8 Å². The summed E-state index contributed by atoms with van der Waals surface area (Å²) in [5, 5.41) is 41.9. The molecule has 4 rings (SSSR count). The molecule has 4 aromatic rings. The molecule has 0 spiro atoms. The van der Waals surface area contributed by atoms with Crippen molar-refractivity contribution >= 4 is 48.8 Å². The molecule has 6 nitrogen and oxygen atoms in total. The Hall–Kier alpha value is -2.40. The summed E-state index contributed by atoms with van der Waals surface area (Å²) in [6.45, 7) is 0.258. The van der Waals surface area contributed by atoms with Gasteiger partial charge in [0, 0.05) is 44.8 Å². The summed E-state index contributed by atoms with van der Waals surface area (Å²) in [7, 11) is 0. The molecule has 10 heteroatoms. The summed E-state index contributed by atoms with van der Waals surface area (Å²) in [6, 6.07) is 17.9. The minimum absolute atomic E-state index is 0.103. The Bertz CT molecular complexity index is 1170. The maximum Gasteiger partial charge on any atom is 0.208 e. The SMILES string of the molecule is Oc1cc(Sc2ccccc2S)c(O)n1CCn1c(O)cc(Sc2ccccc2S)c1O.